The van der Waals surface area contributed by atoms with Gasteiger partial charge in [0.1, 0.15) is 0 Å². The molecule has 0 aliphatic rings. The second kappa shape index (κ2) is 5.59. The lowest BCUT2D eigenvalue weighted by Crippen LogP contribution is -2.32. The van der Waals surface area contributed by atoms with E-state index >= 15 is 0 Å². The molecule has 0 saturated heterocycles. The first-order valence-corrected chi connectivity index (χ1v) is 7.57. The summed E-state index contributed by atoms with van der Waals surface area (Å²) in [5.41, 5.74) is 6.34. The number of sulfonamides is 1. The van der Waals surface area contributed by atoms with Crippen molar-refractivity contribution in [3.8, 4) is 0 Å². The van der Waals surface area contributed by atoms with Gasteiger partial charge in [-0.3, -0.25) is 4.98 Å². The van der Waals surface area contributed by atoms with Crippen LogP contribution in [0.4, 0.5) is 5.82 Å². The molecule has 2 aromatic heterocycles. The summed E-state index contributed by atoms with van der Waals surface area (Å²) in [6.45, 7) is 2.29. The third-order valence-corrected chi connectivity index (χ3v) is 4.96. The van der Waals surface area contributed by atoms with Crippen LogP contribution in [-0.4, -0.2) is 33.8 Å². The number of aromatic nitrogens is 3. The summed E-state index contributed by atoms with van der Waals surface area (Å²) in [6.07, 6.45) is 3.02. The van der Waals surface area contributed by atoms with Gasteiger partial charge in [0.2, 0.25) is 0 Å². The number of rotatable bonds is 5. The molecule has 2 N–H and O–H groups in total. The molecule has 8 heteroatoms. The van der Waals surface area contributed by atoms with E-state index in [2.05, 4.69) is 9.97 Å². The predicted octanol–water partition coefficient (Wildman–Crippen LogP) is 0.608. The van der Waals surface area contributed by atoms with Crippen molar-refractivity contribution in [1.82, 2.24) is 18.8 Å². The van der Waals surface area contributed by atoms with E-state index in [1.54, 1.807) is 32.3 Å². The molecule has 0 unspecified atom stereocenters. The number of nitrogens with zero attached hydrogens (tertiary/aromatic N) is 4. The van der Waals surface area contributed by atoms with Gasteiger partial charge in [-0.2, -0.15) is 4.31 Å². The predicted molar refractivity (Wildman–Crippen MR) is 75.1 cm³/mol. The minimum atomic E-state index is -3.70. The summed E-state index contributed by atoms with van der Waals surface area (Å²) in [5.74, 6) is 0.00645. The first kappa shape index (κ1) is 14.5. The maximum atomic E-state index is 12.6. The smallest absolute Gasteiger partial charge is 0.262 e. The Labute approximate surface area is 118 Å². The number of nitrogen functional groups attached to an aromatic ring is 1. The molecule has 2 heterocycles. The van der Waals surface area contributed by atoms with Gasteiger partial charge in [-0.1, -0.05) is 13.0 Å². The lowest BCUT2D eigenvalue weighted by molar-refractivity contribution is 0.415. The fraction of sp³-hybridized carbons (Fsp3) is 0.333. The highest BCUT2D eigenvalue weighted by Gasteiger charge is 2.29. The normalized spacial score (nSPS) is 11.9. The van der Waals surface area contributed by atoms with Crippen LogP contribution in [0.5, 0.6) is 0 Å². The highest BCUT2D eigenvalue weighted by molar-refractivity contribution is 7.89. The Kier molecular flexibility index (Phi) is 4.05. The number of imidazole rings is 1. The summed E-state index contributed by atoms with van der Waals surface area (Å²) in [4.78, 5) is 7.97. The van der Waals surface area contributed by atoms with Crippen LogP contribution in [0.2, 0.25) is 0 Å². The SMILES string of the molecule is CCN(Cc1ccccn1)S(=O)(=O)c1c(N)ncn1C. The molecule has 20 heavy (non-hydrogen) atoms. The van der Waals surface area contributed by atoms with E-state index in [9.17, 15) is 8.42 Å². The maximum absolute atomic E-state index is 12.6. The van der Waals surface area contributed by atoms with Crippen LogP contribution in [0.15, 0.2) is 35.7 Å². The first-order chi connectivity index (χ1) is 9.46. The molecule has 7 nitrogen and oxygen atoms in total. The second-order valence-corrected chi connectivity index (χ2v) is 6.15. The Morgan fingerprint density at radius 1 is 1.35 bits per heavy atom. The van der Waals surface area contributed by atoms with Crippen molar-refractivity contribution in [2.75, 3.05) is 12.3 Å². The van der Waals surface area contributed by atoms with Crippen LogP contribution < -0.4 is 5.73 Å². The zero-order chi connectivity index (χ0) is 14.8. The minimum absolute atomic E-state index is 0.00645. The lowest BCUT2D eigenvalue weighted by Gasteiger charge is -2.20. The summed E-state index contributed by atoms with van der Waals surface area (Å²) in [7, 11) is -2.10. The highest BCUT2D eigenvalue weighted by Crippen LogP contribution is 2.21. The largest absolute Gasteiger partial charge is 0.381 e. The van der Waals surface area contributed by atoms with Gasteiger partial charge >= 0.3 is 0 Å². The highest BCUT2D eigenvalue weighted by atomic mass is 32.2. The molecule has 0 aliphatic heterocycles. The number of anilines is 1. The van der Waals surface area contributed by atoms with Gasteiger partial charge in [0.05, 0.1) is 18.6 Å². The summed E-state index contributed by atoms with van der Waals surface area (Å²) in [6, 6.07) is 5.39. The van der Waals surface area contributed by atoms with Gasteiger partial charge in [-0.05, 0) is 12.1 Å². The molecule has 2 rings (SSSR count). The molecule has 0 amide bonds. The molecular formula is C12H17N5O2S. The number of nitrogens with two attached hydrogens (primary N) is 1. The van der Waals surface area contributed by atoms with Crippen LogP contribution in [-0.2, 0) is 23.6 Å². The van der Waals surface area contributed by atoms with Crippen molar-refractivity contribution >= 4 is 15.8 Å². The minimum Gasteiger partial charge on any atom is -0.381 e. The summed E-state index contributed by atoms with van der Waals surface area (Å²) < 4.78 is 28.0. The van der Waals surface area contributed by atoms with Crippen molar-refractivity contribution in [2.24, 2.45) is 7.05 Å². The molecule has 0 aromatic carbocycles. The van der Waals surface area contributed by atoms with E-state index in [1.807, 2.05) is 6.07 Å². The number of hydrogen-bond donors (Lipinski definition) is 1. The van der Waals surface area contributed by atoms with E-state index in [1.165, 1.54) is 15.2 Å². The quantitative estimate of drug-likeness (QED) is 0.872. The van der Waals surface area contributed by atoms with E-state index in [-0.39, 0.29) is 17.4 Å². The van der Waals surface area contributed by atoms with Gasteiger partial charge in [0.25, 0.3) is 10.0 Å². The molecule has 0 radical (unpaired) electrons. The topological polar surface area (TPSA) is 94.1 Å². The Morgan fingerprint density at radius 3 is 2.60 bits per heavy atom. The van der Waals surface area contributed by atoms with Crippen molar-refractivity contribution in [1.29, 1.82) is 0 Å². The zero-order valence-electron chi connectivity index (χ0n) is 11.4. The Hall–Kier alpha value is -1.93. The molecule has 0 spiro atoms. The monoisotopic (exact) mass is 295 g/mol. The third kappa shape index (κ3) is 2.66. The Balaban J connectivity index is 2.36. The number of pyridine rings is 1. The van der Waals surface area contributed by atoms with Crippen molar-refractivity contribution in [2.45, 2.75) is 18.5 Å². The van der Waals surface area contributed by atoms with Crippen LogP contribution in [0, 0.1) is 0 Å². The van der Waals surface area contributed by atoms with Crippen LogP contribution >= 0.6 is 0 Å². The molecule has 0 fully saturated rings. The van der Waals surface area contributed by atoms with E-state index < -0.39 is 10.0 Å². The molecule has 108 valence electrons. The zero-order valence-corrected chi connectivity index (χ0v) is 12.2. The van der Waals surface area contributed by atoms with Crippen LogP contribution in [0.3, 0.4) is 0 Å². The molecule has 2 aromatic rings. The molecular weight excluding hydrogens is 278 g/mol. The maximum Gasteiger partial charge on any atom is 0.262 e. The van der Waals surface area contributed by atoms with Gasteiger partial charge in [-0.25, -0.2) is 13.4 Å². The molecule has 0 aliphatic carbocycles. The summed E-state index contributed by atoms with van der Waals surface area (Å²) >= 11 is 0. The van der Waals surface area contributed by atoms with E-state index in [0.717, 1.165) is 0 Å². The van der Waals surface area contributed by atoms with Gasteiger partial charge in [-0.15, -0.1) is 0 Å². The average molecular weight is 295 g/mol. The Bertz CT molecular complexity index is 662. The van der Waals surface area contributed by atoms with Gasteiger partial charge in [0.15, 0.2) is 10.8 Å². The fourth-order valence-corrected chi connectivity index (χ4v) is 3.53. The molecule has 0 bridgehead atoms. The third-order valence-electron chi connectivity index (χ3n) is 2.91. The van der Waals surface area contributed by atoms with Crippen molar-refractivity contribution in [3.63, 3.8) is 0 Å². The molecule has 0 atom stereocenters. The molecule has 0 saturated carbocycles. The average Bonchev–Trinajstić information content (AvgIpc) is 2.77. The van der Waals surface area contributed by atoms with E-state index in [4.69, 9.17) is 5.73 Å². The van der Waals surface area contributed by atoms with Gasteiger partial charge in [0, 0.05) is 19.8 Å². The van der Waals surface area contributed by atoms with E-state index in [0.29, 0.717) is 12.2 Å². The number of aryl methyl sites for hydroxylation is 1. The number of hydrogen-bond acceptors (Lipinski definition) is 5. The lowest BCUT2D eigenvalue weighted by atomic mass is 10.3. The van der Waals surface area contributed by atoms with Crippen molar-refractivity contribution in [3.05, 3.63) is 36.4 Å². The second-order valence-electron chi connectivity index (χ2n) is 4.30. The van der Waals surface area contributed by atoms with Crippen molar-refractivity contribution < 1.29 is 8.42 Å². The summed E-state index contributed by atoms with van der Waals surface area (Å²) in [5, 5.41) is 0.00952. The fourth-order valence-electron chi connectivity index (χ4n) is 1.91. The standard InChI is InChI=1S/C12H17N5O2S/c1-3-17(8-10-6-4-5-7-14-10)20(18,19)12-11(13)15-9-16(12)2/h4-7,9H,3,8,13H2,1-2H3. The van der Waals surface area contributed by atoms with Crippen LogP contribution in [0.1, 0.15) is 12.6 Å². The first-order valence-electron chi connectivity index (χ1n) is 6.13. The Morgan fingerprint density at radius 2 is 2.10 bits per heavy atom. The van der Waals surface area contributed by atoms with Gasteiger partial charge < -0.3 is 10.3 Å². The van der Waals surface area contributed by atoms with Crippen LogP contribution in [0.25, 0.3) is 0 Å².